The number of rotatable bonds is 5. The first-order valence-electron chi connectivity index (χ1n) is 7.97. The zero-order valence-electron chi connectivity index (χ0n) is 13.0. The lowest BCUT2D eigenvalue weighted by molar-refractivity contribution is 0.276. The molecule has 3 rings (SSSR count). The fourth-order valence-electron chi connectivity index (χ4n) is 2.81. The Morgan fingerprint density at radius 1 is 1.22 bits per heavy atom. The van der Waals surface area contributed by atoms with Crippen LogP contribution in [0.4, 0.5) is 11.8 Å². The van der Waals surface area contributed by atoms with Gasteiger partial charge < -0.3 is 15.3 Å². The van der Waals surface area contributed by atoms with E-state index in [0.29, 0.717) is 10.8 Å². The summed E-state index contributed by atoms with van der Waals surface area (Å²) in [7, 11) is 0. The van der Waals surface area contributed by atoms with Gasteiger partial charge in [0, 0.05) is 24.3 Å². The monoisotopic (exact) mass is 332 g/mol. The van der Waals surface area contributed by atoms with Crippen LogP contribution in [0.2, 0.25) is 5.02 Å². The Hall–Kier alpha value is -1.85. The van der Waals surface area contributed by atoms with E-state index in [4.69, 9.17) is 11.6 Å². The minimum absolute atomic E-state index is 0.0383. The maximum Gasteiger partial charge on any atom is 0.227 e. The largest absolute Gasteiger partial charge is 0.394 e. The van der Waals surface area contributed by atoms with Crippen molar-refractivity contribution < 1.29 is 5.11 Å². The fourth-order valence-corrected chi connectivity index (χ4v) is 3.01. The molecule has 5 nitrogen and oxygen atoms in total. The van der Waals surface area contributed by atoms with E-state index >= 15 is 0 Å². The van der Waals surface area contributed by atoms with Crippen molar-refractivity contribution >= 4 is 23.4 Å². The van der Waals surface area contributed by atoms with E-state index in [9.17, 15) is 5.11 Å². The maximum absolute atomic E-state index is 9.69. The molecule has 0 saturated carbocycles. The summed E-state index contributed by atoms with van der Waals surface area (Å²) in [6.45, 7) is 1.96. The predicted octanol–water partition coefficient (Wildman–Crippen LogP) is 3.27. The average molecular weight is 333 g/mol. The van der Waals surface area contributed by atoms with Crippen molar-refractivity contribution in [1.82, 2.24) is 9.97 Å². The van der Waals surface area contributed by atoms with Gasteiger partial charge in [-0.05, 0) is 43.0 Å². The van der Waals surface area contributed by atoms with E-state index in [1.54, 1.807) is 6.20 Å². The molecule has 1 unspecified atom stereocenters. The third-order valence-corrected chi connectivity index (χ3v) is 4.27. The van der Waals surface area contributed by atoms with Gasteiger partial charge in [0.15, 0.2) is 0 Å². The van der Waals surface area contributed by atoms with E-state index in [1.807, 2.05) is 30.3 Å². The highest BCUT2D eigenvalue weighted by Gasteiger charge is 2.15. The number of hydrogen-bond donors (Lipinski definition) is 2. The third kappa shape index (κ3) is 4.12. The van der Waals surface area contributed by atoms with E-state index in [-0.39, 0.29) is 12.6 Å². The lowest BCUT2D eigenvalue weighted by Crippen LogP contribution is -2.31. The Kier molecular flexibility index (Phi) is 5.31. The SMILES string of the molecule is OCC(Nc1ccnc(N2CCCCC2)n1)c1cccc(Cl)c1. The number of piperidine rings is 1. The van der Waals surface area contributed by atoms with Crippen molar-refractivity contribution in [1.29, 1.82) is 0 Å². The molecule has 1 aliphatic heterocycles. The molecule has 6 heteroatoms. The van der Waals surface area contributed by atoms with Gasteiger partial charge in [-0.3, -0.25) is 0 Å². The van der Waals surface area contributed by atoms with Gasteiger partial charge in [-0.1, -0.05) is 23.7 Å². The Balaban J connectivity index is 1.75. The van der Waals surface area contributed by atoms with Crippen LogP contribution in [-0.2, 0) is 0 Å². The number of hydrogen-bond acceptors (Lipinski definition) is 5. The molecule has 2 aromatic rings. The molecule has 0 bridgehead atoms. The van der Waals surface area contributed by atoms with Gasteiger partial charge in [0.25, 0.3) is 0 Å². The smallest absolute Gasteiger partial charge is 0.227 e. The van der Waals surface area contributed by atoms with E-state index in [2.05, 4.69) is 20.2 Å². The summed E-state index contributed by atoms with van der Waals surface area (Å²) in [5, 5.41) is 13.6. The van der Waals surface area contributed by atoms with Gasteiger partial charge in [-0.25, -0.2) is 4.98 Å². The standard InChI is InChI=1S/C17H21ClN4O/c18-14-6-4-5-13(11-14)15(12-23)20-16-7-8-19-17(21-16)22-9-2-1-3-10-22/h4-8,11,15,23H,1-3,9-10,12H2,(H,19,20,21). The Morgan fingerprint density at radius 2 is 2.04 bits per heavy atom. The van der Waals surface area contributed by atoms with Gasteiger partial charge in [0.2, 0.25) is 5.95 Å². The molecule has 1 aliphatic rings. The van der Waals surface area contributed by atoms with Crippen LogP contribution >= 0.6 is 11.6 Å². The number of nitrogens with zero attached hydrogens (tertiary/aromatic N) is 3. The van der Waals surface area contributed by atoms with Crippen molar-refractivity contribution in [2.45, 2.75) is 25.3 Å². The first-order valence-corrected chi connectivity index (χ1v) is 8.35. The second-order valence-corrected chi connectivity index (χ2v) is 6.16. The highest BCUT2D eigenvalue weighted by atomic mass is 35.5. The molecule has 1 fully saturated rings. The molecule has 2 N–H and O–H groups in total. The minimum Gasteiger partial charge on any atom is -0.394 e. The van der Waals surface area contributed by atoms with Gasteiger partial charge in [0.05, 0.1) is 12.6 Å². The summed E-state index contributed by atoms with van der Waals surface area (Å²) in [5.41, 5.74) is 0.929. The molecule has 0 amide bonds. The van der Waals surface area contributed by atoms with Crippen molar-refractivity contribution in [2.24, 2.45) is 0 Å². The third-order valence-electron chi connectivity index (χ3n) is 4.04. The van der Waals surface area contributed by atoms with Gasteiger partial charge in [-0.2, -0.15) is 4.98 Å². The molecule has 1 atom stereocenters. The summed E-state index contributed by atoms with van der Waals surface area (Å²) < 4.78 is 0. The fraction of sp³-hybridized carbons (Fsp3) is 0.412. The molecule has 0 spiro atoms. The van der Waals surface area contributed by atoms with E-state index in [0.717, 1.165) is 24.6 Å². The molecular weight excluding hydrogens is 312 g/mol. The summed E-state index contributed by atoms with van der Waals surface area (Å²) in [5.74, 6) is 1.46. The van der Waals surface area contributed by atoms with Crippen LogP contribution in [0.3, 0.4) is 0 Å². The number of aromatic nitrogens is 2. The highest BCUT2D eigenvalue weighted by molar-refractivity contribution is 6.30. The normalized spacial score (nSPS) is 16.2. The van der Waals surface area contributed by atoms with Crippen molar-refractivity contribution in [3.8, 4) is 0 Å². The van der Waals surface area contributed by atoms with Crippen LogP contribution in [-0.4, -0.2) is 34.8 Å². The number of halogens is 1. The van der Waals surface area contributed by atoms with Crippen LogP contribution < -0.4 is 10.2 Å². The van der Waals surface area contributed by atoms with Crippen LogP contribution in [0.1, 0.15) is 30.9 Å². The Bertz CT molecular complexity index is 646. The van der Waals surface area contributed by atoms with E-state index in [1.165, 1.54) is 19.3 Å². The molecule has 2 heterocycles. The topological polar surface area (TPSA) is 61.3 Å². The van der Waals surface area contributed by atoms with Crippen molar-refractivity contribution in [3.05, 3.63) is 47.1 Å². The molecule has 1 aromatic heterocycles. The van der Waals surface area contributed by atoms with Crippen molar-refractivity contribution in [2.75, 3.05) is 29.9 Å². The maximum atomic E-state index is 9.69. The lowest BCUT2D eigenvalue weighted by atomic mass is 10.1. The molecule has 23 heavy (non-hydrogen) atoms. The van der Waals surface area contributed by atoms with Crippen LogP contribution in [0.15, 0.2) is 36.5 Å². The van der Waals surface area contributed by atoms with Crippen LogP contribution in [0.5, 0.6) is 0 Å². The molecule has 1 saturated heterocycles. The molecular formula is C17H21ClN4O. The van der Waals surface area contributed by atoms with E-state index < -0.39 is 0 Å². The molecule has 0 aliphatic carbocycles. The number of anilines is 2. The lowest BCUT2D eigenvalue weighted by Gasteiger charge is -2.27. The van der Waals surface area contributed by atoms with Gasteiger partial charge >= 0.3 is 0 Å². The predicted molar refractivity (Wildman–Crippen MR) is 93.0 cm³/mol. The van der Waals surface area contributed by atoms with Gasteiger partial charge in [0.1, 0.15) is 5.82 Å². The first kappa shape index (κ1) is 16.0. The summed E-state index contributed by atoms with van der Waals surface area (Å²) in [6, 6.07) is 9.05. The van der Waals surface area contributed by atoms with Crippen molar-refractivity contribution in [3.63, 3.8) is 0 Å². The molecule has 0 radical (unpaired) electrons. The Morgan fingerprint density at radius 3 is 2.78 bits per heavy atom. The summed E-state index contributed by atoms with van der Waals surface area (Å²) in [6.07, 6.45) is 5.40. The highest BCUT2D eigenvalue weighted by Crippen LogP contribution is 2.22. The second-order valence-electron chi connectivity index (χ2n) is 5.72. The van der Waals surface area contributed by atoms with Gasteiger partial charge in [-0.15, -0.1) is 0 Å². The number of aliphatic hydroxyl groups is 1. The number of aliphatic hydroxyl groups excluding tert-OH is 1. The van der Waals surface area contributed by atoms with Crippen LogP contribution in [0, 0.1) is 0 Å². The zero-order chi connectivity index (χ0) is 16.1. The van der Waals surface area contributed by atoms with Crippen LogP contribution in [0.25, 0.3) is 0 Å². The Labute approximate surface area is 141 Å². The quantitative estimate of drug-likeness (QED) is 0.880. The summed E-state index contributed by atoms with van der Waals surface area (Å²) in [4.78, 5) is 11.2. The molecule has 122 valence electrons. The second kappa shape index (κ2) is 7.62. The zero-order valence-corrected chi connectivity index (χ0v) is 13.7. The number of nitrogens with one attached hydrogen (secondary N) is 1. The first-order chi connectivity index (χ1) is 11.3. The molecule has 1 aromatic carbocycles. The minimum atomic E-state index is -0.252. The average Bonchev–Trinajstić information content (AvgIpc) is 2.61. The summed E-state index contributed by atoms with van der Waals surface area (Å²) >= 11 is 6.03. The number of benzene rings is 1.